The molecule has 2 nitrogen and oxygen atoms in total. The van der Waals surface area contributed by atoms with Crippen LogP contribution >= 0.6 is 0 Å². The van der Waals surface area contributed by atoms with E-state index in [0.29, 0.717) is 12.8 Å². The van der Waals surface area contributed by atoms with Crippen molar-refractivity contribution in [1.29, 1.82) is 0 Å². The minimum Gasteiger partial charge on any atom is -0.327 e. The van der Waals surface area contributed by atoms with Crippen LogP contribution in [0.15, 0.2) is 29.2 Å². The molecule has 3 unspecified atom stereocenters. The molecule has 2 N–H and O–H groups in total. The topological polar surface area (TPSA) is 43.1 Å². The van der Waals surface area contributed by atoms with Crippen LogP contribution in [0.1, 0.15) is 38.7 Å². The molecule has 0 bridgehead atoms. The summed E-state index contributed by atoms with van der Waals surface area (Å²) in [6.07, 6.45) is -2.28. The summed E-state index contributed by atoms with van der Waals surface area (Å²) in [5.41, 5.74) is 5.21. The van der Waals surface area contributed by atoms with Gasteiger partial charge in [-0.2, -0.15) is 13.2 Å². The van der Waals surface area contributed by atoms with Gasteiger partial charge in [0.05, 0.1) is 21.6 Å². The SMILES string of the molecule is CCCC(N)C(CC)S(=O)c1cccc(C(F)(F)F)c1. The van der Waals surface area contributed by atoms with E-state index >= 15 is 0 Å². The third kappa shape index (κ3) is 4.31. The van der Waals surface area contributed by atoms with Crippen LogP contribution in [0.2, 0.25) is 0 Å². The zero-order chi connectivity index (χ0) is 15.3. The van der Waals surface area contributed by atoms with E-state index in [1.54, 1.807) is 0 Å². The Hall–Kier alpha value is -0.880. The first-order chi connectivity index (χ1) is 9.31. The summed E-state index contributed by atoms with van der Waals surface area (Å²) in [6, 6.07) is 4.42. The Morgan fingerprint density at radius 2 is 1.95 bits per heavy atom. The molecule has 0 fully saturated rings. The Morgan fingerprint density at radius 1 is 1.30 bits per heavy atom. The van der Waals surface area contributed by atoms with Crippen molar-refractivity contribution in [2.45, 2.75) is 55.5 Å². The minimum absolute atomic E-state index is 0.193. The van der Waals surface area contributed by atoms with Gasteiger partial charge in [-0.05, 0) is 31.0 Å². The Bertz CT molecular complexity index is 462. The van der Waals surface area contributed by atoms with Crippen LogP contribution in [0.5, 0.6) is 0 Å². The molecule has 0 heterocycles. The first-order valence-corrected chi connectivity index (χ1v) is 7.86. The Balaban J connectivity index is 3.01. The van der Waals surface area contributed by atoms with Gasteiger partial charge in [-0.1, -0.05) is 26.3 Å². The summed E-state index contributed by atoms with van der Waals surface area (Å²) < 4.78 is 50.4. The van der Waals surface area contributed by atoms with Gasteiger partial charge >= 0.3 is 6.18 Å². The summed E-state index contributed by atoms with van der Waals surface area (Å²) in [4.78, 5) is 0.193. The van der Waals surface area contributed by atoms with Crippen molar-refractivity contribution < 1.29 is 17.4 Å². The van der Waals surface area contributed by atoms with Crippen molar-refractivity contribution in [3.8, 4) is 0 Å². The molecule has 0 spiro atoms. The number of nitrogens with two attached hydrogens (primary N) is 1. The van der Waals surface area contributed by atoms with Crippen molar-refractivity contribution in [2.24, 2.45) is 5.73 Å². The van der Waals surface area contributed by atoms with Gasteiger partial charge in [-0.25, -0.2) is 0 Å². The zero-order valence-electron chi connectivity index (χ0n) is 11.6. The zero-order valence-corrected chi connectivity index (χ0v) is 12.4. The van der Waals surface area contributed by atoms with E-state index in [1.165, 1.54) is 12.1 Å². The number of rotatable bonds is 6. The van der Waals surface area contributed by atoms with Gasteiger partial charge in [0.2, 0.25) is 0 Å². The molecule has 0 aromatic heterocycles. The van der Waals surface area contributed by atoms with E-state index in [-0.39, 0.29) is 16.2 Å². The second-order valence-corrected chi connectivity index (χ2v) is 6.39. The van der Waals surface area contributed by atoms with Crippen LogP contribution in [0.4, 0.5) is 13.2 Å². The molecular weight excluding hydrogens is 287 g/mol. The van der Waals surface area contributed by atoms with E-state index in [0.717, 1.165) is 18.6 Å². The van der Waals surface area contributed by atoms with E-state index in [1.807, 2.05) is 13.8 Å². The highest BCUT2D eigenvalue weighted by atomic mass is 32.2. The lowest BCUT2D eigenvalue weighted by Crippen LogP contribution is -2.37. The fraction of sp³-hybridized carbons (Fsp3) is 0.571. The fourth-order valence-electron chi connectivity index (χ4n) is 2.10. The molecule has 0 aliphatic rings. The normalized spacial score (nSPS) is 16.7. The van der Waals surface area contributed by atoms with Crippen molar-refractivity contribution in [1.82, 2.24) is 0 Å². The third-order valence-electron chi connectivity index (χ3n) is 3.17. The van der Waals surface area contributed by atoms with Gasteiger partial charge in [0, 0.05) is 10.9 Å². The van der Waals surface area contributed by atoms with Gasteiger partial charge in [-0.3, -0.25) is 4.21 Å². The van der Waals surface area contributed by atoms with E-state index in [9.17, 15) is 17.4 Å². The quantitative estimate of drug-likeness (QED) is 0.870. The predicted molar refractivity (Wildman–Crippen MR) is 74.8 cm³/mol. The molecule has 20 heavy (non-hydrogen) atoms. The number of halogens is 3. The molecule has 0 amide bonds. The molecule has 6 heteroatoms. The molecule has 1 aromatic carbocycles. The highest BCUT2D eigenvalue weighted by Gasteiger charge is 2.31. The lowest BCUT2D eigenvalue weighted by molar-refractivity contribution is -0.137. The summed E-state index contributed by atoms with van der Waals surface area (Å²) in [5.74, 6) is 0. The first kappa shape index (κ1) is 17.2. The number of hydrogen-bond acceptors (Lipinski definition) is 2. The van der Waals surface area contributed by atoms with Crippen molar-refractivity contribution >= 4 is 10.8 Å². The average Bonchev–Trinajstić information content (AvgIpc) is 2.39. The Kier molecular flexibility index (Phi) is 6.20. The summed E-state index contributed by atoms with van der Waals surface area (Å²) in [7, 11) is -1.52. The molecule has 114 valence electrons. The van der Waals surface area contributed by atoms with E-state index in [4.69, 9.17) is 5.73 Å². The third-order valence-corrected chi connectivity index (χ3v) is 5.12. The van der Waals surface area contributed by atoms with Crippen LogP contribution in [0, 0.1) is 0 Å². The maximum absolute atomic E-state index is 12.7. The van der Waals surface area contributed by atoms with Gasteiger partial charge < -0.3 is 5.73 Å². The van der Waals surface area contributed by atoms with Gasteiger partial charge in [-0.15, -0.1) is 0 Å². The second kappa shape index (κ2) is 7.22. The molecular formula is C14H20F3NOS. The maximum Gasteiger partial charge on any atom is 0.416 e. The monoisotopic (exact) mass is 307 g/mol. The van der Waals surface area contributed by atoms with Crippen molar-refractivity contribution in [2.75, 3.05) is 0 Å². The predicted octanol–water partition coefficient (Wildman–Crippen LogP) is 3.72. The van der Waals surface area contributed by atoms with Crippen molar-refractivity contribution in [3.63, 3.8) is 0 Å². The van der Waals surface area contributed by atoms with Gasteiger partial charge in [0.25, 0.3) is 0 Å². The van der Waals surface area contributed by atoms with E-state index < -0.39 is 22.5 Å². The fourth-order valence-corrected chi connectivity index (χ4v) is 3.67. The Morgan fingerprint density at radius 3 is 2.45 bits per heavy atom. The molecule has 1 aromatic rings. The first-order valence-electron chi connectivity index (χ1n) is 6.64. The summed E-state index contributed by atoms with van der Waals surface area (Å²) >= 11 is 0. The van der Waals surface area contributed by atoms with Crippen LogP contribution in [0.3, 0.4) is 0 Å². The van der Waals surface area contributed by atoms with Gasteiger partial charge in [0.15, 0.2) is 0 Å². The lowest BCUT2D eigenvalue weighted by atomic mass is 10.1. The average molecular weight is 307 g/mol. The smallest absolute Gasteiger partial charge is 0.327 e. The molecule has 0 saturated heterocycles. The standard InChI is InChI=1S/C14H20F3NOS/c1-3-6-12(18)13(4-2)20(19)11-8-5-7-10(9-11)14(15,16)17/h5,7-9,12-13H,3-4,6,18H2,1-2H3. The second-order valence-electron chi connectivity index (χ2n) is 4.72. The van der Waals surface area contributed by atoms with Crippen LogP contribution in [-0.4, -0.2) is 15.5 Å². The van der Waals surface area contributed by atoms with E-state index in [2.05, 4.69) is 0 Å². The molecule has 3 atom stereocenters. The van der Waals surface area contributed by atoms with Crippen LogP contribution in [-0.2, 0) is 17.0 Å². The molecule has 0 saturated carbocycles. The molecule has 0 radical (unpaired) electrons. The van der Waals surface area contributed by atoms with Crippen molar-refractivity contribution in [3.05, 3.63) is 29.8 Å². The molecule has 1 rings (SSSR count). The van der Waals surface area contributed by atoms with Gasteiger partial charge in [0.1, 0.15) is 0 Å². The van der Waals surface area contributed by atoms with Crippen LogP contribution < -0.4 is 5.73 Å². The number of alkyl halides is 3. The highest BCUT2D eigenvalue weighted by molar-refractivity contribution is 7.85. The molecule has 0 aliphatic heterocycles. The summed E-state index contributed by atoms with van der Waals surface area (Å²) in [5, 5.41) is -0.321. The summed E-state index contributed by atoms with van der Waals surface area (Å²) in [6.45, 7) is 3.82. The number of benzene rings is 1. The largest absolute Gasteiger partial charge is 0.416 e. The molecule has 0 aliphatic carbocycles. The van der Waals surface area contributed by atoms with Crippen LogP contribution in [0.25, 0.3) is 0 Å². The Labute approximate surface area is 120 Å². The maximum atomic E-state index is 12.7. The number of hydrogen-bond donors (Lipinski definition) is 1. The lowest BCUT2D eigenvalue weighted by Gasteiger charge is -2.22. The highest BCUT2D eigenvalue weighted by Crippen LogP contribution is 2.31. The minimum atomic E-state index is -4.42.